The molecule has 1 aromatic heterocycles. The third kappa shape index (κ3) is 5.78. The molecule has 1 aromatic carbocycles. The van der Waals surface area contributed by atoms with Gasteiger partial charge in [0.05, 0.1) is 37.1 Å². The normalized spacial score (nSPS) is 11.4. The average Bonchev–Trinajstić information content (AvgIpc) is 2.79. The lowest BCUT2D eigenvalue weighted by molar-refractivity contribution is -0.671. The van der Waals surface area contributed by atoms with Gasteiger partial charge in [0.25, 0.3) is 0 Å². The molecule has 4 nitrogen and oxygen atoms in total. The van der Waals surface area contributed by atoms with Gasteiger partial charge in [-0.05, 0) is 38.5 Å². The van der Waals surface area contributed by atoms with Crippen molar-refractivity contribution in [2.75, 3.05) is 13.2 Å². The van der Waals surface area contributed by atoms with Crippen molar-refractivity contribution in [2.45, 2.75) is 46.4 Å². The van der Waals surface area contributed by atoms with Gasteiger partial charge in [-0.25, -0.2) is 4.68 Å². The summed E-state index contributed by atoms with van der Waals surface area (Å²) in [5.41, 5.74) is 3.23. The molecule has 0 saturated carbocycles. The minimum absolute atomic E-state index is 0.299. The van der Waals surface area contributed by atoms with Crippen LogP contribution in [0, 0.1) is 6.92 Å². The van der Waals surface area contributed by atoms with Gasteiger partial charge in [-0.1, -0.05) is 35.3 Å². The molecule has 1 heterocycles. The zero-order valence-electron chi connectivity index (χ0n) is 14.6. The highest BCUT2D eigenvalue weighted by Crippen LogP contribution is 2.20. The van der Waals surface area contributed by atoms with Crippen LogP contribution in [0.25, 0.3) is 0 Å². The Morgan fingerprint density at radius 1 is 1.21 bits per heavy atom. The van der Waals surface area contributed by atoms with Gasteiger partial charge in [0, 0.05) is 11.4 Å². The summed E-state index contributed by atoms with van der Waals surface area (Å²) in [5, 5.41) is 8.28. The minimum atomic E-state index is 0.299. The second-order valence-electron chi connectivity index (χ2n) is 6.19. The van der Waals surface area contributed by atoms with Gasteiger partial charge >= 0.3 is 0 Å². The Morgan fingerprint density at radius 3 is 2.58 bits per heavy atom. The van der Waals surface area contributed by atoms with Crippen molar-refractivity contribution in [2.24, 2.45) is 0 Å². The molecular formula is C18H26Cl2N3O+. The number of halogens is 2. The van der Waals surface area contributed by atoms with Crippen LogP contribution in [-0.2, 0) is 17.8 Å². The fourth-order valence-corrected chi connectivity index (χ4v) is 2.92. The van der Waals surface area contributed by atoms with E-state index in [1.54, 1.807) is 0 Å². The van der Waals surface area contributed by atoms with Crippen molar-refractivity contribution in [3.63, 3.8) is 0 Å². The first-order valence-corrected chi connectivity index (χ1v) is 9.12. The Morgan fingerprint density at radius 2 is 1.92 bits per heavy atom. The minimum Gasteiger partial charge on any atom is -0.379 e. The molecule has 24 heavy (non-hydrogen) atoms. The lowest BCUT2D eigenvalue weighted by Gasteiger charge is -2.07. The molecule has 2 aromatic rings. The number of ether oxygens (including phenoxy) is 1. The van der Waals surface area contributed by atoms with E-state index in [2.05, 4.69) is 24.3 Å². The molecule has 0 spiro atoms. The summed E-state index contributed by atoms with van der Waals surface area (Å²) in [6, 6.07) is 7.76. The molecule has 0 aliphatic heterocycles. The third-order valence-electron chi connectivity index (χ3n) is 3.78. The first-order valence-electron chi connectivity index (χ1n) is 8.37. The van der Waals surface area contributed by atoms with Crippen LogP contribution in [-0.4, -0.2) is 29.0 Å². The van der Waals surface area contributed by atoms with E-state index in [4.69, 9.17) is 27.9 Å². The number of rotatable bonds is 9. The fraction of sp³-hybridized carbons (Fsp3) is 0.500. The summed E-state index contributed by atoms with van der Waals surface area (Å²) in [6.07, 6.45) is 1.33. The molecule has 0 fully saturated rings. The quantitative estimate of drug-likeness (QED) is 0.687. The van der Waals surface area contributed by atoms with Crippen LogP contribution in [0.4, 0.5) is 0 Å². The second-order valence-corrected chi connectivity index (χ2v) is 6.99. The van der Waals surface area contributed by atoms with Gasteiger partial charge in [-0.3, -0.25) is 0 Å². The molecule has 2 rings (SSSR count). The standard InChI is InChI=1S/C18H25Cl2N3O/c1-13(2)24-10-4-9-21-11-17-14(3)22-23(18(17)20)12-15-5-7-16(19)8-6-15/h5-8,13,21H,4,9-12H2,1-3H3/p+1. The van der Waals surface area contributed by atoms with Crippen LogP contribution in [0.5, 0.6) is 0 Å². The average molecular weight is 371 g/mol. The lowest BCUT2D eigenvalue weighted by atomic mass is 10.2. The highest BCUT2D eigenvalue weighted by atomic mass is 35.5. The van der Waals surface area contributed by atoms with E-state index < -0.39 is 0 Å². The van der Waals surface area contributed by atoms with Crippen LogP contribution in [0.2, 0.25) is 10.2 Å². The van der Waals surface area contributed by atoms with Gasteiger partial charge in [-0.2, -0.15) is 5.10 Å². The Kier molecular flexibility index (Phi) is 7.56. The molecule has 0 radical (unpaired) electrons. The third-order valence-corrected chi connectivity index (χ3v) is 4.46. The second kappa shape index (κ2) is 9.42. The molecular weight excluding hydrogens is 345 g/mol. The van der Waals surface area contributed by atoms with Crippen molar-refractivity contribution >= 4 is 23.2 Å². The highest BCUT2D eigenvalue weighted by Gasteiger charge is 2.15. The van der Waals surface area contributed by atoms with Gasteiger partial charge in [0.2, 0.25) is 0 Å². The molecule has 0 aliphatic carbocycles. The van der Waals surface area contributed by atoms with Crippen LogP contribution in [0.15, 0.2) is 24.3 Å². The molecule has 132 valence electrons. The number of aromatic nitrogens is 2. The molecule has 0 unspecified atom stereocenters. The molecule has 0 bridgehead atoms. The molecule has 0 saturated heterocycles. The fourth-order valence-electron chi connectivity index (χ4n) is 2.48. The van der Waals surface area contributed by atoms with Crippen molar-refractivity contribution < 1.29 is 10.1 Å². The smallest absolute Gasteiger partial charge is 0.136 e. The largest absolute Gasteiger partial charge is 0.379 e. The zero-order chi connectivity index (χ0) is 17.5. The van der Waals surface area contributed by atoms with Gasteiger partial charge in [-0.15, -0.1) is 0 Å². The van der Waals surface area contributed by atoms with Crippen molar-refractivity contribution in [1.82, 2.24) is 9.78 Å². The van der Waals surface area contributed by atoms with E-state index in [-0.39, 0.29) is 0 Å². The number of benzene rings is 1. The van der Waals surface area contributed by atoms with Gasteiger partial charge in [0.15, 0.2) is 0 Å². The SMILES string of the molecule is Cc1nn(Cc2ccc(Cl)cc2)c(Cl)c1C[NH2+]CCCOC(C)C. The summed E-state index contributed by atoms with van der Waals surface area (Å²) in [5.74, 6) is 0. The van der Waals surface area contributed by atoms with Gasteiger partial charge < -0.3 is 10.1 Å². The van der Waals surface area contributed by atoms with E-state index in [1.165, 1.54) is 0 Å². The number of aryl methyl sites for hydroxylation is 1. The highest BCUT2D eigenvalue weighted by molar-refractivity contribution is 6.30. The maximum atomic E-state index is 6.52. The van der Waals surface area contributed by atoms with Crippen LogP contribution >= 0.6 is 23.2 Å². The van der Waals surface area contributed by atoms with E-state index >= 15 is 0 Å². The number of hydrogen-bond donors (Lipinski definition) is 1. The Balaban J connectivity index is 1.88. The van der Waals surface area contributed by atoms with E-state index in [9.17, 15) is 0 Å². The first kappa shape index (κ1) is 19.3. The molecule has 0 aliphatic rings. The number of quaternary nitrogens is 1. The number of nitrogens with two attached hydrogens (primary N) is 1. The Labute approximate surface area is 154 Å². The first-order chi connectivity index (χ1) is 11.5. The number of hydrogen-bond acceptors (Lipinski definition) is 2. The molecule has 2 N–H and O–H groups in total. The van der Waals surface area contributed by atoms with E-state index in [0.717, 1.165) is 53.1 Å². The predicted octanol–water partition coefficient (Wildman–Crippen LogP) is 3.43. The van der Waals surface area contributed by atoms with Crippen molar-refractivity contribution in [1.29, 1.82) is 0 Å². The van der Waals surface area contributed by atoms with Crippen molar-refractivity contribution in [3.8, 4) is 0 Å². The molecule has 6 heteroatoms. The van der Waals surface area contributed by atoms with Gasteiger partial charge in [0.1, 0.15) is 11.7 Å². The summed E-state index contributed by atoms with van der Waals surface area (Å²) in [7, 11) is 0. The summed E-state index contributed by atoms with van der Waals surface area (Å²) in [4.78, 5) is 0. The number of nitrogens with zero attached hydrogens (tertiary/aromatic N) is 2. The molecule has 0 atom stereocenters. The monoisotopic (exact) mass is 370 g/mol. The van der Waals surface area contributed by atoms with E-state index in [1.807, 2.05) is 35.9 Å². The van der Waals surface area contributed by atoms with Crippen LogP contribution in [0.1, 0.15) is 37.1 Å². The van der Waals surface area contributed by atoms with E-state index in [0.29, 0.717) is 12.6 Å². The van der Waals surface area contributed by atoms with Crippen LogP contribution in [0.3, 0.4) is 0 Å². The van der Waals surface area contributed by atoms with Crippen molar-refractivity contribution in [3.05, 3.63) is 51.3 Å². The van der Waals surface area contributed by atoms with Crippen LogP contribution < -0.4 is 5.32 Å². The molecule has 0 amide bonds. The summed E-state index contributed by atoms with van der Waals surface area (Å²) >= 11 is 12.4. The lowest BCUT2D eigenvalue weighted by Crippen LogP contribution is -2.82. The zero-order valence-corrected chi connectivity index (χ0v) is 16.1. The Hall–Kier alpha value is -1.07. The topological polar surface area (TPSA) is 43.7 Å². The summed E-state index contributed by atoms with van der Waals surface area (Å²) < 4.78 is 7.40. The maximum absolute atomic E-state index is 6.52. The Bertz CT molecular complexity index is 638. The summed E-state index contributed by atoms with van der Waals surface area (Å²) in [6.45, 7) is 9.44. The predicted molar refractivity (Wildman–Crippen MR) is 98.7 cm³/mol. The maximum Gasteiger partial charge on any atom is 0.136 e.